The second-order valence-electron chi connectivity index (χ2n) is 22.9. The van der Waals surface area contributed by atoms with Crippen LogP contribution in [0, 0.1) is 0 Å². The molecule has 478 valence electrons. The molecule has 0 amide bonds. The number of methoxy groups -OCH3 is 1. The highest BCUT2D eigenvalue weighted by atomic mass is 16.5. The lowest BCUT2D eigenvalue weighted by Gasteiger charge is -2.04. The zero-order chi connectivity index (χ0) is 60.3. The van der Waals surface area contributed by atoms with E-state index >= 15 is 0 Å². The van der Waals surface area contributed by atoms with Crippen LogP contribution in [0.25, 0.3) is 0 Å². The van der Waals surface area contributed by atoms with Gasteiger partial charge in [0.1, 0.15) is 0 Å². The minimum absolute atomic E-state index is 0.298. The van der Waals surface area contributed by atoms with Crippen molar-refractivity contribution >= 4 is 23.9 Å². The first-order chi connectivity index (χ1) is 39.7. The summed E-state index contributed by atoms with van der Waals surface area (Å²) in [6, 6.07) is 0. The van der Waals surface area contributed by atoms with Crippen LogP contribution in [0.4, 0.5) is 0 Å². The minimum Gasteiger partial charge on any atom is -0.466 e. The molecule has 0 aliphatic heterocycles. The molecule has 0 aliphatic rings. The van der Waals surface area contributed by atoms with Gasteiger partial charge in [0.2, 0.25) is 0 Å². The maximum absolute atomic E-state index is 10.9. The summed E-state index contributed by atoms with van der Waals surface area (Å²) in [6.07, 6.45) is 78.9. The van der Waals surface area contributed by atoms with E-state index in [2.05, 4.69) is 51.8 Å². The van der Waals surface area contributed by atoms with Gasteiger partial charge in [-0.3, -0.25) is 0 Å². The molecular formula is C73H138O8. The van der Waals surface area contributed by atoms with Crippen molar-refractivity contribution in [1.82, 2.24) is 0 Å². The van der Waals surface area contributed by atoms with E-state index in [9.17, 15) is 19.2 Å². The van der Waals surface area contributed by atoms with Crippen LogP contribution in [0.1, 0.15) is 367 Å². The number of unbranched alkanes of at least 4 members (excludes halogenated alkanes) is 51. The van der Waals surface area contributed by atoms with Crippen molar-refractivity contribution < 1.29 is 38.1 Å². The number of carbonyl (C=O) groups excluding carboxylic acids is 4. The molecule has 0 atom stereocenters. The zero-order valence-electron chi connectivity index (χ0n) is 54.7. The molecule has 0 radical (unpaired) electrons. The molecule has 0 bridgehead atoms. The van der Waals surface area contributed by atoms with Crippen LogP contribution in [0.2, 0.25) is 0 Å². The predicted molar refractivity (Wildman–Crippen MR) is 352 cm³/mol. The standard InChI is InChI=1S/C25H48O2.C23H44O2.C21H40O2.C4H6O2/c1-3-5-6-7-8-9-10-11-12-13-14-15-16-17-18-19-20-21-22-23-24-27-25(26)4-2;1-3-5-6-7-8-9-10-11-12-13-14-15-16-17-18-19-20-21-22-25-23(24)4-2;1-3-5-6-7-8-9-10-11-12-13-14-15-16-17-18-19-20-23-21(22)4-2;1-3-4(5)6-2/h4H,2-3,5-24H2,1H3;4H,2-3,5-22H2,1H3;4H,2-3,5-20H2,1H3;3H,1H2,2H3. The molecule has 0 rings (SSSR count). The maximum Gasteiger partial charge on any atom is 0.330 e. The van der Waals surface area contributed by atoms with E-state index in [-0.39, 0.29) is 17.9 Å². The van der Waals surface area contributed by atoms with Crippen LogP contribution in [0.5, 0.6) is 0 Å². The Balaban J connectivity index is -0.000000522. The Bertz CT molecular complexity index is 1290. The lowest BCUT2D eigenvalue weighted by atomic mass is 10.0. The van der Waals surface area contributed by atoms with E-state index in [1.165, 1.54) is 353 Å². The molecule has 0 N–H and O–H groups in total. The third-order valence-electron chi connectivity index (χ3n) is 15.1. The van der Waals surface area contributed by atoms with Crippen molar-refractivity contribution in [2.24, 2.45) is 0 Å². The summed E-state index contributed by atoms with van der Waals surface area (Å²) in [4.78, 5) is 42.4. The van der Waals surface area contributed by atoms with E-state index < -0.39 is 5.97 Å². The molecule has 0 aromatic heterocycles. The van der Waals surface area contributed by atoms with Gasteiger partial charge in [-0.1, -0.05) is 375 Å². The Morgan fingerprint density at radius 3 is 0.444 bits per heavy atom. The van der Waals surface area contributed by atoms with E-state index in [0.717, 1.165) is 25.3 Å². The highest BCUT2D eigenvalue weighted by molar-refractivity contribution is 5.82. The topological polar surface area (TPSA) is 105 Å². The summed E-state index contributed by atoms with van der Waals surface area (Å²) in [5.74, 6) is -1.29. The molecule has 81 heavy (non-hydrogen) atoms. The summed E-state index contributed by atoms with van der Waals surface area (Å²) in [5.41, 5.74) is 0. The van der Waals surface area contributed by atoms with Gasteiger partial charge in [-0.25, -0.2) is 19.2 Å². The molecule has 0 spiro atoms. The largest absolute Gasteiger partial charge is 0.466 e. The molecule has 0 heterocycles. The molecular weight excluding hydrogens is 1000 g/mol. The van der Waals surface area contributed by atoms with Crippen molar-refractivity contribution in [3.8, 4) is 0 Å². The Labute approximate surface area is 504 Å². The fraction of sp³-hybridized carbons (Fsp3) is 0.836. The monoisotopic (exact) mass is 1140 g/mol. The van der Waals surface area contributed by atoms with Gasteiger partial charge in [-0.15, -0.1) is 0 Å². The first-order valence-corrected chi connectivity index (χ1v) is 34.8. The molecule has 0 fully saturated rings. The lowest BCUT2D eigenvalue weighted by molar-refractivity contribution is -0.138. The Kier molecular flexibility index (Phi) is 84.4. The minimum atomic E-state index is -0.394. The first kappa shape index (κ1) is 84.3. The lowest BCUT2D eigenvalue weighted by Crippen LogP contribution is -2.01. The maximum atomic E-state index is 10.9. The second kappa shape index (κ2) is 81.1. The van der Waals surface area contributed by atoms with Gasteiger partial charge >= 0.3 is 23.9 Å². The fourth-order valence-corrected chi connectivity index (χ4v) is 9.79. The van der Waals surface area contributed by atoms with Crippen LogP contribution in [-0.2, 0) is 38.1 Å². The third kappa shape index (κ3) is 88.2. The quantitative estimate of drug-likeness (QED) is 0.0257. The smallest absolute Gasteiger partial charge is 0.330 e. The summed E-state index contributed by atoms with van der Waals surface area (Å²) < 4.78 is 19.0. The van der Waals surface area contributed by atoms with Crippen LogP contribution in [0.15, 0.2) is 50.6 Å². The highest BCUT2D eigenvalue weighted by Gasteiger charge is 2.01. The SMILES string of the molecule is C=CC(=O)OC.C=CC(=O)OCCCCCCCCCCCCCCCCCC.C=CC(=O)OCCCCCCCCCCCCCCCCCCCC.C=CC(=O)OCCCCCCCCCCCCCCCCCCCCCC. The van der Waals surface area contributed by atoms with Crippen LogP contribution < -0.4 is 0 Å². The summed E-state index contributed by atoms with van der Waals surface area (Å²) in [5, 5.41) is 0. The molecule has 0 aromatic rings. The van der Waals surface area contributed by atoms with Crippen LogP contribution in [0.3, 0.4) is 0 Å². The van der Waals surface area contributed by atoms with Crippen molar-refractivity contribution in [2.75, 3.05) is 26.9 Å². The molecule has 0 saturated carbocycles. The normalized spacial score (nSPS) is 10.5. The summed E-state index contributed by atoms with van der Waals surface area (Å²) in [7, 11) is 1.31. The van der Waals surface area contributed by atoms with E-state index in [4.69, 9.17) is 14.2 Å². The molecule has 8 nitrogen and oxygen atoms in total. The summed E-state index contributed by atoms with van der Waals surface area (Å²) in [6.45, 7) is 21.8. The molecule has 0 unspecified atom stereocenters. The molecule has 0 aromatic carbocycles. The average molecular weight is 1140 g/mol. The van der Waals surface area contributed by atoms with Gasteiger partial charge in [0, 0.05) is 24.3 Å². The number of rotatable bonds is 61. The Morgan fingerprint density at radius 2 is 0.346 bits per heavy atom. The number of esters is 4. The van der Waals surface area contributed by atoms with Crippen molar-refractivity contribution in [3.63, 3.8) is 0 Å². The van der Waals surface area contributed by atoms with E-state index in [1.807, 2.05) is 0 Å². The van der Waals surface area contributed by atoms with Gasteiger partial charge in [0.15, 0.2) is 0 Å². The van der Waals surface area contributed by atoms with Crippen LogP contribution in [-0.4, -0.2) is 50.8 Å². The van der Waals surface area contributed by atoms with E-state index in [1.54, 1.807) is 0 Å². The van der Waals surface area contributed by atoms with Gasteiger partial charge in [0.25, 0.3) is 0 Å². The number of carbonyl (C=O) groups is 4. The predicted octanol–water partition coefficient (Wildman–Crippen LogP) is 23.6. The molecule has 0 saturated heterocycles. The number of hydrogen-bond donors (Lipinski definition) is 0. The number of ether oxygens (including phenoxy) is 4. The Morgan fingerprint density at radius 1 is 0.222 bits per heavy atom. The van der Waals surface area contributed by atoms with Crippen molar-refractivity contribution in [3.05, 3.63) is 50.6 Å². The highest BCUT2D eigenvalue weighted by Crippen LogP contribution is 2.18. The zero-order valence-corrected chi connectivity index (χ0v) is 54.7. The van der Waals surface area contributed by atoms with E-state index in [0.29, 0.717) is 19.8 Å². The van der Waals surface area contributed by atoms with Crippen molar-refractivity contribution in [2.45, 2.75) is 367 Å². The fourth-order valence-electron chi connectivity index (χ4n) is 9.79. The third-order valence-corrected chi connectivity index (χ3v) is 15.1. The van der Waals surface area contributed by atoms with Gasteiger partial charge in [0.05, 0.1) is 26.9 Å². The van der Waals surface area contributed by atoms with Crippen molar-refractivity contribution in [1.29, 1.82) is 0 Å². The molecule has 0 aliphatic carbocycles. The van der Waals surface area contributed by atoms with Gasteiger partial charge < -0.3 is 18.9 Å². The molecule has 8 heteroatoms. The average Bonchev–Trinajstić information content (AvgIpc) is 3.48. The first-order valence-electron chi connectivity index (χ1n) is 34.8. The Hall–Kier alpha value is -3.16. The second-order valence-corrected chi connectivity index (χ2v) is 22.9. The number of hydrogen-bond acceptors (Lipinski definition) is 8. The van der Waals surface area contributed by atoms with Gasteiger partial charge in [-0.2, -0.15) is 0 Å². The van der Waals surface area contributed by atoms with Gasteiger partial charge in [-0.05, 0) is 19.3 Å². The summed E-state index contributed by atoms with van der Waals surface area (Å²) >= 11 is 0. The van der Waals surface area contributed by atoms with Crippen LogP contribution >= 0.6 is 0 Å².